The molecule has 0 bridgehead atoms. The Hall–Kier alpha value is -2.02. The van der Waals surface area contributed by atoms with E-state index in [9.17, 15) is 9.59 Å². The lowest BCUT2D eigenvalue weighted by Crippen LogP contribution is -2.31. The average molecular weight is 464 g/mol. The number of hydrogen-bond donors (Lipinski definition) is 1. The molecule has 0 aliphatic carbocycles. The standard InChI is InChI=1S/C22H23Cl2N3O2S/c1-3-14(2)25-20(28)9-6-12-30-22-26-18-8-5-4-7-16(18)21(29)27(22)19-11-10-15(23)13-17(19)24/h4-5,7-8,10-11,13-14H,3,6,9,12H2,1-2H3,(H,25,28). The SMILES string of the molecule is CCC(C)NC(=O)CCCSc1nc2ccccc2c(=O)n1-c1ccc(Cl)cc1Cl. The maximum atomic E-state index is 13.2. The van der Waals surface area contributed by atoms with Crippen molar-refractivity contribution in [1.82, 2.24) is 14.9 Å². The minimum Gasteiger partial charge on any atom is -0.354 e. The molecule has 0 aliphatic heterocycles. The lowest BCUT2D eigenvalue weighted by molar-refractivity contribution is -0.121. The summed E-state index contributed by atoms with van der Waals surface area (Å²) < 4.78 is 1.52. The Morgan fingerprint density at radius 2 is 2.00 bits per heavy atom. The van der Waals surface area contributed by atoms with Gasteiger partial charge in [-0.05, 0) is 50.1 Å². The molecule has 158 valence electrons. The van der Waals surface area contributed by atoms with Crippen LogP contribution in [0.3, 0.4) is 0 Å². The number of nitrogens with zero attached hydrogens (tertiary/aromatic N) is 2. The maximum absolute atomic E-state index is 13.2. The lowest BCUT2D eigenvalue weighted by atomic mass is 10.2. The van der Waals surface area contributed by atoms with Gasteiger partial charge in [0.25, 0.3) is 5.56 Å². The van der Waals surface area contributed by atoms with Crippen LogP contribution in [0.15, 0.2) is 52.4 Å². The summed E-state index contributed by atoms with van der Waals surface area (Å²) in [6.45, 7) is 4.02. The van der Waals surface area contributed by atoms with E-state index in [1.807, 2.05) is 32.0 Å². The highest BCUT2D eigenvalue weighted by atomic mass is 35.5. The van der Waals surface area contributed by atoms with Gasteiger partial charge in [0.05, 0.1) is 21.6 Å². The zero-order chi connectivity index (χ0) is 21.7. The monoisotopic (exact) mass is 463 g/mol. The summed E-state index contributed by atoms with van der Waals surface area (Å²) in [5.74, 6) is 0.679. The van der Waals surface area contributed by atoms with Gasteiger partial charge in [-0.25, -0.2) is 4.98 Å². The molecule has 8 heteroatoms. The van der Waals surface area contributed by atoms with E-state index in [1.165, 1.54) is 16.3 Å². The smallest absolute Gasteiger partial charge is 0.266 e. The van der Waals surface area contributed by atoms with E-state index in [4.69, 9.17) is 23.2 Å². The molecule has 1 unspecified atom stereocenters. The number of thioether (sulfide) groups is 1. The van der Waals surface area contributed by atoms with Crippen molar-refractivity contribution < 1.29 is 4.79 Å². The Morgan fingerprint density at radius 3 is 2.73 bits per heavy atom. The largest absolute Gasteiger partial charge is 0.354 e. The minimum absolute atomic E-state index is 0.0366. The summed E-state index contributed by atoms with van der Waals surface area (Å²) in [4.78, 5) is 29.9. The van der Waals surface area contributed by atoms with E-state index in [-0.39, 0.29) is 17.5 Å². The highest BCUT2D eigenvalue weighted by Gasteiger charge is 2.16. The molecule has 3 aromatic rings. The third-order valence-corrected chi connectivity index (χ3v) is 6.26. The molecular formula is C22H23Cl2N3O2S. The lowest BCUT2D eigenvalue weighted by Gasteiger charge is -2.15. The quantitative estimate of drug-likeness (QED) is 0.273. The van der Waals surface area contributed by atoms with E-state index in [0.717, 1.165) is 6.42 Å². The summed E-state index contributed by atoms with van der Waals surface area (Å²) in [5, 5.41) is 4.87. The van der Waals surface area contributed by atoms with Gasteiger partial charge in [0.15, 0.2) is 5.16 Å². The van der Waals surface area contributed by atoms with Crippen LogP contribution in [0.25, 0.3) is 16.6 Å². The molecule has 0 saturated heterocycles. The zero-order valence-electron chi connectivity index (χ0n) is 16.8. The summed E-state index contributed by atoms with van der Waals surface area (Å²) >= 11 is 13.8. The molecule has 5 nitrogen and oxygen atoms in total. The van der Waals surface area contributed by atoms with E-state index < -0.39 is 0 Å². The fourth-order valence-corrected chi connectivity index (χ4v) is 4.37. The van der Waals surface area contributed by atoms with Crippen molar-refractivity contribution in [3.05, 3.63) is 62.9 Å². The van der Waals surface area contributed by atoms with Gasteiger partial charge in [0.2, 0.25) is 5.91 Å². The van der Waals surface area contributed by atoms with Gasteiger partial charge in [0.1, 0.15) is 0 Å². The highest BCUT2D eigenvalue weighted by Crippen LogP contribution is 2.28. The number of para-hydroxylation sites is 1. The number of aromatic nitrogens is 2. The van der Waals surface area contributed by atoms with Crippen LogP contribution < -0.4 is 10.9 Å². The van der Waals surface area contributed by atoms with Crippen LogP contribution in [0.1, 0.15) is 33.1 Å². The van der Waals surface area contributed by atoms with Crippen molar-refractivity contribution in [2.45, 2.75) is 44.3 Å². The van der Waals surface area contributed by atoms with Crippen LogP contribution in [0.2, 0.25) is 10.0 Å². The summed E-state index contributed by atoms with van der Waals surface area (Å²) in [7, 11) is 0. The molecule has 1 aromatic heterocycles. The predicted molar refractivity (Wildman–Crippen MR) is 125 cm³/mol. The maximum Gasteiger partial charge on any atom is 0.266 e. The number of nitrogens with one attached hydrogen (secondary N) is 1. The first-order valence-electron chi connectivity index (χ1n) is 9.80. The molecule has 3 rings (SSSR count). The summed E-state index contributed by atoms with van der Waals surface area (Å²) in [6, 6.07) is 12.4. The Labute approximate surface area is 189 Å². The van der Waals surface area contributed by atoms with Crippen LogP contribution in [0.5, 0.6) is 0 Å². The molecular weight excluding hydrogens is 441 g/mol. The van der Waals surface area contributed by atoms with Gasteiger partial charge in [-0.1, -0.05) is 54.0 Å². The number of halogens is 2. The first kappa shape index (κ1) is 22.7. The van der Waals surface area contributed by atoms with Crippen molar-refractivity contribution in [2.75, 3.05) is 5.75 Å². The molecule has 1 amide bonds. The Balaban J connectivity index is 1.88. The Bertz CT molecular complexity index is 1120. The number of carbonyl (C=O) groups is 1. The number of hydrogen-bond acceptors (Lipinski definition) is 4. The third-order valence-electron chi connectivity index (χ3n) is 4.69. The molecule has 1 atom stereocenters. The number of benzene rings is 2. The van der Waals surface area contributed by atoms with E-state index >= 15 is 0 Å². The summed E-state index contributed by atoms with van der Waals surface area (Å²) in [5.41, 5.74) is 0.962. The minimum atomic E-state index is -0.193. The molecule has 30 heavy (non-hydrogen) atoms. The molecule has 1 heterocycles. The molecule has 0 saturated carbocycles. The number of carbonyl (C=O) groups excluding carboxylic acids is 1. The topological polar surface area (TPSA) is 64.0 Å². The van der Waals surface area contributed by atoms with E-state index in [2.05, 4.69) is 10.3 Å². The first-order chi connectivity index (χ1) is 14.4. The third kappa shape index (κ3) is 5.36. The van der Waals surface area contributed by atoms with Crippen LogP contribution >= 0.6 is 35.0 Å². The summed E-state index contributed by atoms with van der Waals surface area (Å²) in [6.07, 6.45) is 2.00. The number of fused-ring (bicyclic) bond motifs is 1. The number of amides is 1. The van der Waals surface area contributed by atoms with Crippen molar-refractivity contribution in [1.29, 1.82) is 0 Å². The molecule has 0 aliphatic rings. The van der Waals surface area contributed by atoms with Crippen LogP contribution in [0.4, 0.5) is 0 Å². The molecule has 2 aromatic carbocycles. The van der Waals surface area contributed by atoms with Crippen molar-refractivity contribution in [3.63, 3.8) is 0 Å². The second kappa shape index (κ2) is 10.3. The molecule has 0 fully saturated rings. The van der Waals surface area contributed by atoms with Crippen molar-refractivity contribution in [3.8, 4) is 5.69 Å². The van der Waals surface area contributed by atoms with Gasteiger partial charge in [-0.3, -0.25) is 14.2 Å². The van der Waals surface area contributed by atoms with Crippen LogP contribution in [0, 0.1) is 0 Å². The van der Waals surface area contributed by atoms with E-state index in [1.54, 1.807) is 24.3 Å². The average Bonchev–Trinajstić information content (AvgIpc) is 2.72. The van der Waals surface area contributed by atoms with Gasteiger partial charge >= 0.3 is 0 Å². The van der Waals surface area contributed by atoms with E-state index in [0.29, 0.717) is 50.4 Å². The first-order valence-corrected chi connectivity index (χ1v) is 11.5. The zero-order valence-corrected chi connectivity index (χ0v) is 19.2. The van der Waals surface area contributed by atoms with Gasteiger partial charge in [-0.15, -0.1) is 0 Å². The normalized spacial score (nSPS) is 12.1. The molecule has 0 radical (unpaired) electrons. The van der Waals surface area contributed by atoms with Gasteiger partial charge in [0, 0.05) is 23.2 Å². The molecule has 0 spiro atoms. The second-order valence-corrected chi connectivity index (χ2v) is 8.88. The fourth-order valence-electron chi connectivity index (χ4n) is 2.93. The Kier molecular flexibility index (Phi) is 7.81. The van der Waals surface area contributed by atoms with Gasteiger partial charge in [-0.2, -0.15) is 0 Å². The predicted octanol–water partition coefficient (Wildman–Crippen LogP) is 5.48. The van der Waals surface area contributed by atoms with Crippen molar-refractivity contribution in [2.24, 2.45) is 0 Å². The van der Waals surface area contributed by atoms with Crippen molar-refractivity contribution >= 4 is 51.8 Å². The van der Waals surface area contributed by atoms with Crippen LogP contribution in [-0.2, 0) is 4.79 Å². The number of rotatable bonds is 8. The van der Waals surface area contributed by atoms with Crippen LogP contribution in [-0.4, -0.2) is 27.3 Å². The Morgan fingerprint density at radius 1 is 1.23 bits per heavy atom. The fraction of sp³-hybridized carbons (Fsp3) is 0.318. The van der Waals surface area contributed by atoms with Gasteiger partial charge < -0.3 is 5.32 Å². The molecule has 1 N–H and O–H groups in total. The second-order valence-electron chi connectivity index (χ2n) is 6.98. The highest BCUT2D eigenvalue weighted by molar-refractivity contribution is 7.99.